The van der Waals surface area contributed by atoms with Gasteiger partial charge < -0.3 is 5.11 Å². The molecule has 2 rings (SSSR count). The minimum Gasteiger partial charge on any atom is -0.478 e. The third-order valence-corrected chi connectivity index (χ3v) is 3.35. The number of carbonyl (C=O) groups is 1. The summed E-state index contributed by atoms with van der Waals surface area (Å²) in [6.45, 7) is 0. The van der Waals surface area contributed by atoms with Crippen LogP contribution in [0.2, 0.25) is 0 Å². The van der Waals surface area contributed by atoms with Crippen LogP contribution in [0.3, 0.4) is 0 Å². The van der Waals surface area contributed by atoms with Crippen LogP contribution < -0.4 is 0 Å². The molecule has 0 bridgehead atoms. The van der Waals surface area contributed by atoms with Crippen molar-refractivity contribution in [2.24, 2.45) is 0 Å². The highest BCUT2D eigenvalue weighted by molar-refractivity contribution is 9.11. The quantitative estimate of drug-likeness (QED) is 0.850. The van der Waals surface area contributed by atoms with Crippen LogP contribution in [0.25, 0.3) is 10.1 Å². The smallest absolute Gasteiger partial charge is 0.335 e. The minimum atomic E-state index is -0.885. The molecule has 0 aliphatic carbocycles. The Morgan fingerprint density at radius 1 is 1.38 bits per heavy atom. The largest absolute Gasteiger partial charge is 0.478 e. The zero-order valence-corrected chi connectivity index (χ0v) is 8.85. The number of aromatic carboxylic acids is 1. The van der Waals surface area contributed by atoms with Gasteiger partial charge in [-0.1, -0.05) is 0 Å². The first-order valence-corrected chi connectivity index (χ1v) is 5.20. The lowest BCUT2D eigenvalue weighted by Gasteiger charge is -1.92. The van der Waals surface area contributed by atoms with Gasteiger partial charge >= 0.3 is 5.97 Å². The monoisotopic (exact) mass is 256 g/mol. The summed E-state index contributed by atoms with van der Waals surface area (Å²) in [5.74, 6) is -0.885. The number of hydrogen-bond donors (Lipinski definition) is 1. The topological polar surface area (TPSA) is 37.3 Å². The normalized spacial score (nSPS) is 10.5. The molecular weight excluding hydrogens is 252 g/mol. The lowest BCUT2D eigenvalue weighted by atomic mass is 10.2. The number of carboxylic acid groups (broad SMARTS) is 1. The fourth-order valence-electron chi connectivity index (χ4n) is 1.14. The average Bonchev–Trinajstić information content (AvgIpc) is 2.42. The fraction of sp³-hybridized carbons (Fsp3) is 0. The van der Waals surface area contributed by atoms with Gasteiger partial charge in [0.05, 0.1) is 9.35 Å². The van der Waals surface area contributed by atoms with E-state index >= 15 is 0 Å². The Morgan fingerprint density at radius 3 is 2.85 bits per heavy atom. The van der Waals surface area contributed by atoms with E-state index in [0.29, 0.717) is 5.56 Å². The third-order valence-electron chi connectivity index (χ3n) is 1.73. The molecule has 0 amide bonds. The van der Waals surface area contributed by atoms with Gasteiger partial charge in [-0.05, 0) is 45.6 Å². The molecular formula is C9H5BrO2S. The van der Waals surface area contributed by atoms with Crippen molar-refractivity contribution in [1.29, 1.82) is 0 Å². The Kier molecular flexibility index (Phi) is 2.09. The molecule has 2 aromatic rings. The Morgan fingerprint density at radius 2 is 2.15 bits per heavy atom. The van der Waals surface area contributed by atoms with E-state index in [4.69, 9.17) is 5.11 Å². The Hall–Kier alpha value is -0.870. The van der Waals surface area contributed by atoms with E-state index in [0.717, 1.165) is 13.9 Å². The second-order valence-corrected chi connectivity index (χ2v) is 5.07. The summed E-state index contributed by atoms with van der Waals surface area (Å²) < 4.78 is 2.11. The van der Waals surface area contributed by atoms with E-state index < -0.39 is 5.97 Å². The zero-order valence-electron chi connectivity index (χ0n) is 6.45. The number of fused-ring (bicyclic) bond motifs is 1. The fourth-order valence-corrected chi connectivity index (χ4v) is 2.68. The molecule has 4 heteroatoms. The van der Waals surface area contributed by atoms with Crippen molar-refractivity contribution in [2.75, 3.05) is 0 Å². The van der Waals surface area contributed by atoms with Crippen molar-refractivity contribution in [3.8, 4) is 0 Å². The van der Waals surface area contributed by atoms with Crippen molar-refractivity contribution >= 4 is 43.3 Å². The molecule has 0 saturated heterocycles. The van der Waals surface area contributed by atoms with Crippen molar-refractivity contribution in [3.05, 3.63) is 33.6 Å². The van der Waals surface area contributed by atoms with Crippen LogP contribution in [0.15, 0.2) is 28.1 Å². The number of halogens is 1. The summed E-state index contributed by atoms with van der Waals surface area (Å²) in [5, 5.41) is 9.71. The van der Waals surface area contributed by atoms with Crippen LogP contribution in [0.5, 0.6) is 0 Å². The standard InChI is InChI=1S/C9H5BrO2S/c10-8-4-6-3-5(9(11)12)1-2-7(6)13-8/h1-4H,(H,11,12). The summed E-state index contributed by atoms with van der Waals surface area (Å²) in [7, 11) is 0. The van der Waals surface area contributed by atoms with E-state index in [9.17, 15) is 4.79 Å². The van der Waals surface area contributed by atoms with Crippen LogP contribution in [0, 0.1) is 0 Å². The molecule has 0 aliphatic rings. The molecule has 1 aromatic heterocycles. The molecule has 0 atom stereocenters. The van der Waals surface area contributed by atoms with Crippen LogP contribution >= 0.6 is 27.3 Å². The van der Waals surface area contributed by atoms with Gasteiger partial charge in [-0.25, -0.2) is 4.79 Å². The number of carboxylic acids is 1. The van der Waals surface area contributed by atoms with E-state index in [1.807, 2.05) is 12.1 Å². The Bertz CT molecular complexity index is 475. The first kappa shape index (κ1) is 8.72. The number of benzene rings is 1. The average molecular weight is 257 g/mol. The van der Waals surface area contributed by atoms with E-state index in [1.165, 1.54) is 0 Å². The van der Waals surface area contributed by atoms with Crippen LogP contribution in [0.4, 0.5) is 0 Å². The maximum atomic E-state index is 10.6. The highest BCUT2D eigenvalue weighted by Crippen LogP contribution is 2.30. The van der Waals surface area contributed by atoms with Gasteiger partial charge in [0, 0.05) is 4.70 Å². The predicted octanol–water partition coefficient (Wildman–Crippen LogP) is 3.36. The van der Waals surface area contributed by atoms with Crippen molar-refractivity contribution in [3.63, 3.8) is 0 Å². The molecule has 0 fully saturated rings. The van der Waals surface area contributed by atoms with Gasteiger partial charge in [-0.15, -0.1) is 11.3 Å². The molecule has 0 saturated carbocycles. The maximum Gasteiger partial charge on any atom is 0.335 e. The molecule has 13 heavy (non-hydrogen) atoms. The van der Waals surface area contributed by atoms with Gasteiger partial charge in [0.2, 0.25) is 0 Å². The first-order chi connectivity index (χ1) is 6.16. The van der Waals surface area contributed by atoms with Gasteiger partial charge in [0.1, 0.15) is 0 Å². The molecule has 66 valence electrons. The van der Waals surface area contributed by atoms with Gasteiger partial charge in [-0.3, -0.25) is 0 Å². The van der Waals surface area contributed by atoms with Crippen molar-refractivity contribution in [1.82, 2.24) is 0 Å². The van der Waals surface area contributed by atoms with Crippen LogP contribution in [0.1, 0.15) is 10.4 Å². The van der Waals surface area contributed by atoms with E-state index in [-0.39, 0.29) is 0 Å². The van der Waals surface area contributed by atoms with E-state index in [2.05, 4.69) is 15.9 Å². The Labute approximate surface area is 86.9 Å². The molecule has 1 aromatic carbocycles. The SMILES string of the molecule is O=C(O)c1ccc2sc(Br)cc2c1. The minimum absolute atomic E-state index is 0.331. The predicted molar refractivity (Wildman–Crippen MR) is 56.5 cm³/mol. The zero-order chi connectivity index (χ0) is 9.42. The molecule has 2 nitrogen and oxygen atoms in total. The number of rotatable bonds is 1. The summed E-state index contributed by atoms with van der Waals surface area (Å²) in [5.41, 5.74) is 0.331. The molecule has 0 aliphatic heterocycles. The molecule has 0 spiro atoms. The molecule has 0 radical (unpaired) electrons. The number of thiophene rings is 1. The van der Waals surface area contributed by atoms with Gasteiger partial charge in [0.15, 0.2) is 0 Å². The summed E-state index contributed by atoms with van der Waals surface area (Å²) in [4.78, 5) is 10.6. The molecule has 0 unspecified atom stereocenters. The summed E-state index contributed by atoms with van der Waals surface area (Å²) >= 11 is 4.95. The van der Waals surface area contributed by atoms with Gasteiger partial charge in [-0.2, -0.15) is 0 Å². The lowest BCUT2D eigenvalue weighted by molar-refractivity contribution is 0.0697. The van der Waals surface area contributed by atoms with Crippen molar-refractivity contribution < 1.29 is 9.90 Å². The highest BCUT2D eigenvalue weighted by Gasteiger charge is 2.05. The van der Waals surface area contributed by atoms with Crippen molar-refractivity contribution in [2.45, 2.75) is 0 Å². The second kappa shape index (κ2) is 3.12. The Balaban J connectivity index is 2.67. The van der Waals surface area contributed by atoms with Crippen LogP contribution in [-0.4, -0.2) is 11.1 Å². The summed E-state index contributed by atoms with van der Waals surface area (Å²) in [6.07, 6.45) is 0. The second-order valence-electron chi connectivity index (χ2n) is 2.61. The molecule has 1 N–H and O–H groups in total. The van der Waals surface area contributed by atoms with Gasteiger partial charge in [0.25, 0.3) is 0 Å². The van der Waals surface area contributed by atoms with E-state index in [1.54, 1.807) is 23.5 Å². The first-order valence-electron chi connectivity index (χ1n) is 3.59. The number of hydrogen-bond acceptors (Lipinski definition) is 2. The third kappa shape index (κ3) is 1.59. The maximum absolute atomic E-state index is 10.6. The molecule has 1 heterocycles. The summed E-state index contributed by atoms with van der Waals surface area (Å²) in [6, 6.07) is 7.05. The highest BCUT2D eigenvalue weighted by atomic mass is 79.9. The van der Waals surface area contributed by atoms with Crippen LogP contribution in [-0.2, 0) is 0 Å². The lowest BCUT2D eigenvalue weighted by Crippen LogP contribution is -1.94.